The second-order valence-electron chi connectivity index (χ2n) is 12.8. The lowest BCUT2D eigenvalue weighted by Gasteiger charge is -2.25. The molecule has 0 spiro atoms. The zero-order valence-corrected chi connectivity index (χ0v) is 29.8. The highest BCUT2D eigenvalue weighted by Crippen LogP contribution is 2.34. The van der Waals surface area contributed by atoms with E-state index in [-0.39, 0.29) is 79.9 Å². The van der Waals surface area contributed by atoms with Gasteiger partial charge in [-0.25, -0.2) is 0 Å². The minimum Gasteiger partial charge on any atom is -0.504 e. The van der Waals surface area contributed by atoms with Crippen LogP contribution in [0.4, 0.5) is 0 Å². The van der Waals surface area contributed by atoms with E-state index in [1.165, 1.54) is 33.5 Å². The van der Waals surface area contributed by atoms with Crippen molar-refractivity contribution in [2.24, 2.45) is 23.7 Å². The summed E-state index contributed by atoms with van der Waals surface area (Å²) in [6.45, 7) is -0.882. The number of methoxy groups -OCH3 is 3. The van der Waals surface area contributed by atoms with Gasteiger partial charge in [0.05, 0.1) is 21.3 Å². The standard InChI is InChI=1S/C40H50O12/c1-48-37-16-25(4-8-33(37)45)12-29(20-41)31(22-43)14-27-6-10-35(47)39(18-27)52-24-51-36-11-7-28(19-40(36)50-3)15-32(23-44)30(21-42)13-26-5-9-34(46)38(17-26)49-2/h4-11,16-19,29-32,41-47H,12-15,20-24H2,1-3H3/t29-,30-,31-,32-/m0/s1. The number of phenolic OH excluding ortho intramolecular Hbond substituents is 3. The molecule has 4 atom stereocenters. The first-order chi connectivity index (χ1) is 25.2. The van der Waals surface area contributed by atoms with Crippen LogP contribution >= 0.6 is 0 Å². The Labute approximate surface area is 304 Å². The second kappa shape index (κ2) is 19.7. The molecule has 4 aromatic carbocycles. The molecule has 0 bridgehead atoms. The maximum atomic E-state index is 10.5. The van der Waals surface area contributed by atoms with E-state index in [2.05, 4.69) is 0 Å². The van der Waals surface area contributed by atoms with Crippen LogP contribution in [0, 0.1) is 23.7 Å². The number of phenols is 3. The fourth-order valence-electron chi connectivity index (χ4n) is 6.35. The van der Waals surface area contributed by atoms with E-state index < -0.39 is 0 Å². The molecule has 0 unspecified atom stereocenters. The lowest BCUT2D eigenvalue weighted by Crippen LogP contribution is -2.26. The third-order valence-corrected chi connectivity index (χ3v) is 9.43. The first kappa shape index (κ1) is 39.9. The van der Waals surface area contributed by atoms with Gasteiger partial charge in [0.1, 0.15) is 0 Å². The molecule has 7 N–H and O–H groups in total. The number of hydrogen-bond acceptors (Lipinski definition) is 12. The van der Waals surface area contributed by atoms with Crippen LogP contribution in [0.2, 0.25) is 0 Å². The minimum absolute atomic E-state index is 0.0195. The summed E-state index contributed by atoms with van der Waals surface area (Å²) in [6, 6.07) is 20.3. The van der Waals surface area contributed by atoms with Gasteiger partial charge in [-0.05, 0) is 120 Å². The van der Waals surface area contributed by atoms with Gasteiger partial charge in [-0.1, -0.05) is 24.3 Å². The summed E-state index contributed by atoms with van der Waals surface area (Å²) < 4.78 is 27.6. The average molecular weight is 723 g/mol. The molecule has 0 radical (unpaired) electrons. The van der Waals surface area contributed by atoms with Gasteiger partial charge in [0, 0.05) is 26.4 Å². The fourth-order valence-corrected chi connectivity index (χ4v) is 6.35. The first-order valence-electron chi connectivity index (χ1n) is 17.1. The molecule has 0 aliphatic carbocycles. The summed E-state index contributed by atoms with van der Waals surface area (Å²) >= 11 is 0. The SMILES string of the molecule is COc1cc(C[C@@H](CO)[C@H](CO)Cc2ccc(O)c(OCOc3ccc(C[C@@H](CO)[C@H](CO)Cc4ccc(O)c(OC)c4)cc3OC)c2)ccc1O. The summed E-state index contributed by atoms with van der Waals surface area (Å²) in [5, 5.41) is 71.2. The van der Waals surface area contributed by atoms with Crippen LogP contribution in [-0.2, 0) is 25.7 Å². The maximum Gasteiger partial charge on any atom is 0.231 e. The number of rotatable bonds is 21. The van der Waals surface area contributed by atoms with Gasteiger partial charge in [-0.3, -0.25) is 0 Å². The van der Waals surface area contributed by atoms with Crippen molar-refractivity contribution in [2.75, 3.05) is 54.5 Å². The number of aliphatic hydroxyl groups excluding tert-OH is 4. The van der Waals surface area contributed by atoms with E-state index >= 15 is 0 Å². The van der Waals surface area contributed by atoms with Crippen LogP contribution in [0.1, 0.15) is 22.3 Å². The average Bonchev–Trinajstić information content (AvgIpc) is 3.16. The molecule has 4 aromatic rings. The third-order valence-electron chi connectivity index (χ3n) is 9.43. The molecule has 282 valence electrons. The van der Waals surface area contributed by atoms with Crippen molar-refractivity contribution in [3.8, 4) is 46.0 Å². The molecule has 12 nitrogen and oxygen atoms in total. The minimum atomic E-state index is -0.310. The molecular formula is C40H50O12. The van der Waals surface area contributed by atoms with Crippen molar-refractivity contribution in [1.29, 1.82) is 0 Å². The molecule has 0 aliphatic rings. The summed E-state index contributed by atoms with van der Waals surface area (Å²) in [6.07, 6.45) is 1.78. The number of aliphatic hydroxyl groups is 4. The Hall–Kier alpha value is -4.88. The van der Waals surface area contributed by atoms with Crippen LogP contribution in [0.3, 0.4) is 0 Å². The molecule has 0 saturated heterocycles. The Morgan fingerprint density at radius 1 is 0.404 bits per heavy atom. The number of aromatic hydroxyl groups is 3. The lowest BCUT2D eigenvalue weighted by molar-refractivity contribution is 0.111. The van der Waals surface area contributed by atoms with Gasteiger partial charge in [-0.2, -0.15) is 0 Å². The lowest BCUT2D eigenvalue weighted by atomic mass is 9.83. The van der Waals surface area contributed by atoms with Crippen LogP contribution in [0.25, 0.3) is 0 Å². The highest BCUT2D eigenvalue weighted by Gasteiger charge is 2.24. The van der Waals surface area contributed by atoms with Crippen molar-refractivity contribution in [3.05, 3.63) is 95.1 Å². The summed E-state index contributed by atoms with van der Waals surface area (Å²) in [5.74, 6) is 0.513. The Kier molecular flexibility index (Phi) is 15.1. The molecular weight excluding hydrogens is 672 g/mol. The molecule has 52 heavy (non-hydrogen) atoms. The van der Waals surface area contributed by atoms with Crippen molar-refractivity contribution < 1.29 is 59.4 Å². The Morgan fingerprint density at radius 2 is 0.712 bits per heavy atom. The van der Waals surface area contributed by atoms with Gasteiger partial charge in [0.15, 0.2) is 46.0 Å². The van der Waals surface area contributed by atoms with Crippen LogP contribution in [-0.4, -0.2) is 90.3 Å². The largest absolute Gasteiger partial charge is 0.504 e. The molecule has 12 heteroatoms. The van der Waals surface area contributed by atoms with Crippen molar-refractivity contribution >= 4 is 0 Å². The van der Waals surface area contributed by atoms with Crippen LogP contribution in [0.5, 0.6) is 46.0 Å². The van der Waals surface area contributed by atoms with Crippen molar-refractivity contribution in [2.45, 2.75) is 25.7 Å². The predicted molar refractivity (Wildman–Crippen MR) is 194 cm³/mol. The maximum absolute atomic E-state index is 10.5. The van der Waals surface area contributed by atoms with Crippen molar-refractivity contribution in [1.82, 2.24) is 0 Å². The smallest absolute Gasteiger partial charge is 0.231 e. The van der Waals surface area contributed by atoms with E-state index in [0.717, 1.165) is 22.3 Å². The summed E-state index contributed by atoms with van der Waals surface area (Å²) in [4.78, 5) is 0. The van der Waals surface area contributed by atoms with E-state index in [1.54, 1.807) is 54.6 Å². The Bertz CT molecular complexity index is 1710. The third kappa shape index (κ3) is 10.6. The zero-order chi connectivity index (χ0) is 37.6. The molecule has 0 fully saturated rings. The van der Waals surface area contributed by atoms with Gasteiger partial charge in [0.2, 0.25) is 6.79 Å². The molecule has 0 amide bonds. The van der Waals surface area contributed by atoms with Gasteiger partial charge in [0.25, 0.3) is 0 Å². The van der Waals surface area contributed by atoms with Crippen molar-refractivity contribution in [3.63, 3.8) is 0 Å². The second-order valence-corrected chi connectivity index (χ2v) is 12.8. The number of benzene rings is 4. The fraction of sp³-hybridized carbons (Fsp3) is 0.400. The summed E-state index contributed by atoms with van der Waals surface area (Å²) in [5.41, 5.74) is 3.34. The van der Waals surface area contributed by atoms with Crippen LogP contribution in [0.15, 0.2) is 72.8 Å². The molecule has 0 aromatic heterocycles. The quantitative estimate of drug-likeness (QED) is 0.0607. The predicted octanol–water partition coefficient (Wildman–Crippen LogP) is 4.25. The highest BCUT2D eigenvalue weighted by atomic mass is 16.7. The Balaban J connectivity index is 1.37. The van der Waals surface area contributed by atoms with E-state index in [1.807, 2.05) is 6.07 Å². The van der Waals surface area contributed by atoms with Gasteiger partial charge < -0.3 is 59.4 Å². The molecule has 4 rings (SSSR count). The van der Waals surface area contributed by atoms with Gasteiger partial charge >= 0.3 is 0 Å². The van der Waals surface area contributed by atoms with Gasteiger partial charge in [-0.15, -0.1) is 0 Å². The molecule has 0 heterocycles. The molecule has 0 aliphatic heterocycles. The van der Waals surface area contributed by atoms with E-state index in [9.17, 15) is 35.7 Å². The topological polar surface area (TPSA) is 188 Å². The normalized spacial score (nSPS) is 13.5. The first-order valence-corrected chi connectivity index (χ1v) is 17.1. The monoisotopic (exact) mass is 722 g/mol. The van der Waals surface area contributed by atoms with E-state index in [0.29, 0.717) is 48.7 Å². The van der Waals surface area contributed by atoms with E-state index in [4.69, 9.17) is 23.7 Å². The van der Waals surface area contributed by atoms with Crippen LogP contribution < -0.4 is 23.7 Å². The number of hydrogen-bond donors (Lipinski definition) is 7. The zero-order valence-electron chi connectivity index (χ0n) is 29.8. The Morgan fingerprint density at radius 3 is 1.08 bits per heavy atom. The highest BCUT2D eigenvalue weighted by molar-refractivity contribution is 5.45. The number of ether oxygens (including phenoxy) is 5. The molecule has 0 saturated carbocycles. The summed E-state index contributed by atoms with van der Waals surface area (Å²) in [7, 11) is 4.45.